The zero-order valence-corrected chi connectivity index (χ0v) is 18.4. The van der Waals surface area contributed by atoms with Crippen LogP contribution in [0.5, 0.6) is 0 Å². The molecule has 0 N–H and O–H groups in total. The van der Waals surface area contributed by atoms with Crippen LogP contribution in [0.4, 0.5) is 5.69 Å². The van der Waals surface area contributed by atoms with Crippen LogP contribution in [-0.2, 0) is 28.4 Å². The Morgan fingerprint density at radius 1 is 1.22 bits per heavy atom. The number of nitrogens with zero attached hydrogens (tertiary/aromatic N) is 5. The number of ether oxygens (including phenoxy) is 1. The molecule has 0 atom stereocenters. The van der Waals surface area contributed by atoms with Crippen LogP contribution in [0, 0.1) is 10.1 Å². The quantitative estimate of drug-likeness (QED) is 0.264. The maximum Gasteiger partial charge on any atom is 0.355 e. The van der Waals surface area contributed by atoms with E-state index in [1.54, 1.807) is 13.8 Å². The first kappa shape index (κ1) is 23.1. The van der Waals surface area contributed by atoms with Crippen molar-refractivity contribution in [1.82, 2.24) is 19.1 Å². The van der Waals surface area contributed by atoms with E-state index in [0.29, 0.717) is 18.7 Å². The molecule has 3 rings (SSSR count). The van der Waals surface area contributed by atoms with Crippen LogP contribution in [-0.4, -0.2) is 51.5 Å². The Balaban J connectivity index is 1.69. The van der Waals surface area contributed by atoms with E-state index in [9.17, 15) is 23.3 Å². The number of sulfonamides is 1. The number of aromatic nitrogens is 3. The second-order valence-electron chi connectivity index (χ2n) is 6.64. The molecule has 12 nitrogen and oxygen atoms in total. The van der Waals surface area contributed by atoms with E-state index in [2.05, 4.69) is 10.2 Å². The molecule has 0 saturated heterocycles. The van der Waals surface area contributed by atoms with Crippen molar-refractivity contribution in [2.75, 3.05) is 13.1 Å². The van der Waals surface area contributed by atoms with Crippen molar-refractivity contribution in [3.63, 3.8) is 0 Å². The predicted octanol–water partition coefficient (Wildman–Crippen LogP) is 2.37. The van der Waals surface area contributed by atoms with Crippen molar-refractivity contribution >= 4 is 21.7 Å². The number of carbonyl (C=O) groups excluding carboxylic acids is 1. The second-order valence-corrected chi connectivity index (χ2v) is 8.58. The number of benzene rings is 1. The minimum atomic E-state index is -3.72. The van der Waals surface area contributed by atoms with Crippen LogP contribution in [0.15, 0.2) is 45.8 Å². The molecular weight excluding hydrogens is 442 g/mol. The fourth-order valence-electron chi connectivity index (χ4n) is 2.95. The summed E-state index contributed by atoms with van der Waals surface area (Å²) in [6, 6.07) is 6.79. The Morgan fingerprint density at radius 3 is 2.47 bits per heavy atom. The highest BCUT2D eigenvalue weighted by Gasteiger charge is 2.26. The van der Waals surface area contributed by atoms with Gasteiger partial charge in [-0.05, 0) is 18.2 Å². The lowest BCUT2D eigenvalue weighted by atomic mass is 10.2. The smallest absolute Gasteiger partial charge is 0.355 e. The first-order chi connectivity index (χ1) is 15.2. The lowest BCUT2D eigenvalue weighted by Gasteiger charge is -2.17. The van der Waals surface area contributed by atoms with Crippen LogP contribution >= 0.6 is 0 Å². The fraction of sp³-hybridized carbons (Fsp3) is 0.316. The number of non-ortho nitro benzene ring substituents is 1. The number of nitro benzene ring substituents is 1. The summed E-state index contributed by atoms with van der Waals surface area (Å²) in [4.78, 5) is 22.7. The van der Waals surface area contributed by atoms with Crippen LogP contribution in [0.1, 0.15) is 30.2 Å². The third-order valence-electron chi connectivity index (χ3n) is 4.65. The summed E-state index contributed by atoms with van der Waals surface area (Å²) in [5, 5.41) is 18.4. The van der Waals surface area contributed by atoms with Gasteiger partial charge in [-0.15, -0.1) is 10.2 Å². The molecule has 0 amide bonds. The molecule has 0 aliphatic rings. The summed E-state index contributed by atoms with van der Waals surface area (Å²) < 4.78 is 38.6. The van der Waals surface area contributed by atoms with E-state index in [1.165, 1.54) is 52.4 Å². The van der Waals surface area contributed by atoms with Gasteiger partial charge in [-0.2, -0.15) is 4.31 Å². The highest BCUT2D eigenvalue weighted by Crippen LogP contribution is 2.22. The topological polar surface area (TPSA) is 151 Å². The van der Waals surface area contributed by atoms with E-state index >= 15 is 0 Å². The number of nitro groups is 1. The van der Waals surface area contributed by atoms with Crippen molar-refractivity contribution in [1.29, 1.82) is 0 Å². The Labute approximate surface area is 183 Å². The number of hydrogen-bond acceptors (Lipinski definition) is 9. The summed E-state index contributed by atoms with van der Waals surface area (Å²) in [5.74, 6) is -0.641. The molecule has 0 radical (unpaired) electrons. The van der Waals surface area contributed by atoms with Gasteiger partial charge < -0.3 is 13.7 Å². The van der Waals surface area contributed by atoms with Crippen LogP contribution in [0.3, 0.4) is 0 Å². The molecule has 170 valence electrons. The van der Waals surface area contributed by atoms with Gasteiger partial charge in [0, 0.05) is 44.0 Å². The van der Waals surface area contributed by atoms with Gasteiger partial charge in [0.25, 0.3) is 11.6 Å². The van der Waals surface area contributed by atoms with E-state index in [-0.39, 0.29) is 34.7 Å². The third kappa shape index (κ3) is 4.68. The SMILES string of the molecule is CCN(CC)S(=O)(=O)c1cc(C(=O)OCc2nnc(-c3ccc([N+](=O)[O-])cc3)o2)n(C)c1. The standard InChI is InChI=1S/C19H21N5O7S/c1-4-23(5-2)32(28,29)15-10-16(22(3)11-15)19(25)30-12-17-20-21-18(31-17)13-6-8-14(9-7-13)24(26)27/h6-11H,4-5,12H2,1-3H3. The molecule has 0 unspecified atom stereocenters. The van der Waals surface area contributed by atoms with Gasteiger partial charge in [-0.1, -0.05) is 13.8 Å². The average molecular weight is 463 g/mol. The van der Waals surface area contributed by atoms with Gasteiger partial charge >= 0.3 is 5.97 Å². The average Bonchev–Trinajstić information content (AvgIpc) is 3.40. The van der Waals surface area contributed by atoms with Gasteiger partial charge in [0.2, 0.25) is 15.9 Å². The minimum absolute atomic E-state index is 0.00565. The van der Waals surface area contributed by atoms with Gasteiger partial charge in [0.05, 0.1) is 4.92 Å². The molecule has 0 aliphatic carbocycles. The second kappa shape index (κ2) is 9.28. The van der Waals surface area contributed by atoms with E-state index in [4.69, 9.17) is 9.15 Å². The summed E-state index contributed by atoms with van der Waals surface area (Å²) in [5.41, 5.74) is 0.438. The summed E-state index contributed by atoms with van der Waals surface area (Å²) in [6.07, 6.45) is 1.35. The predicted molar refractivity (Wildman–Crippen MR) is 111 cm³/mol. The van der Waals surface area contributed by atoms with Crippen molar-refractivity contribution in [2.24, 2.45) is 7.05 Å². The molecule has 2 aromatic heterocycles. The molecule has 32 heavy (non-hydrogen) atoms. The first-order valence-corrected chi connectivity index (χ1v) is 11.0. The molecule has 0 fully saturated rings. The van der Waals surface area contributed by atoms with Crippen LogP contribution in [0.2, 0.25) is 0 Å². The number of aryl methyl sites for hydroxylation is 1. The third-order valence-corrected chi connectivity index (χ3v) is 6.67. The molecule has 0 bridgehead atoms. The molecular formula is C19H21N5O7S. The largest absolute Gasteiger partial charge is 0.451 e. The molecule has 2 heterocycles. The van der Waals surface area contributed by atoms with Crippen molar-refractivity contribution in [3.05, 3.63) is 58.2 Å². The zero-order valence-electron chi connectivity index (χ0n) is 17.6. The summed E-state index contributed by atoms with van der Waals surface area (Å²) in [7, 11) is -2.18. The van der Waals surface area contributed by atoms with E-state index < -0.39 is 20.9 Å². The summed E-state index contributed by atoms with van der Waals surface area (Å²) >= 11 is 0. The van der Waals surface area contributed by atoms with Crippen molar-refractivity contribution in [2.45, 2.75) is 25.3 Å². The van der Waals surface area contributed by atoms with Gasteiger partial charge in [0.15, 0.2) is 6.61 Å². The van der Waals surface area contributed by atoms with Crippen molar-refractivity contribution in [3.8, 4) is 11.5 Å². The normalized spacial score (nSPS) is 11.6. The zero-order chi connectivity index (χ0) is 23.5. The Morgan fingerprint density at radius 2 is 1.88 bits per heavy atom. The lowest BCUT2D eigenvalue weighted by molar-refractivity contribution is -0.384. The molecule has 0 aliphatic heterocycles. The maximum atomic E-state index is 12.6. The minimum Gasteiger partial charge on any atom is -0.451 e. The Bertz CT molecular complexity index is 1230. The molecule has 1 aromatic carbocycles. The van der Waals surface area contributed by atoms with E-state index in [0.717, 1.165) is 0 Å². The summed E-state index contributed by atoms with van der Waals surface area (Å²) in [6.45, 7) is 3.74. The van der Waals surface area contributed by atoms with Crippen LogP contribution in [0.25, 0.3) is 11.5 Å². The van der Waals surface area contributed by atoms with E-state index in [1.807, 2.05) is 0 Å². The van der Waals surface area contributed by atoms with Crippen molar-refractivity contribution < 1.29 is 27.3 Å². The molecule has 13 heteroatoms. The number of esters is 1. The maximum absolute atomic E-state index is 12.6. The lowest BCUT2D eigenvalue weighted by Crippen LogP contribution is -2.30. The first-order valence-electron chi connectivity index (χ1n) is 9.58. The van der Waals surface area contributed by atoms with Crippen LogP contribution < -0.4 is 0 Å². The molecule has 3 aromatic rings. The Kier molecular flexibility index (Phi) is 6.69. The highest BCUT2D eigenvalue weighted by molar-refractivity contribution is 7.89. The highest BCUT2D eigenvalue weighted by atomic mass is 32.2. The van der Waals surface area contributed by atoms with Gasteiger partial charge in [-0.3, -0.25) is 10.1 Å². The Hall–Kier alpha value is -3.58. The molecule has 0 spiro atoms. The van der Waals surface area contributed by atoms with Gasteiger partial charge in [-0.25, -0.2) is 13.2 Å². The van der Waals surface area contributed by atoms with Gasteiger partial charge in [0.1, 0.15) is 10.6 Å². The fourth-order valence-corrected chi connectivity index (χ4v) is 4.48. The number of rotatable bonds is 9. The number of hydrogen-bond donors (Lipinski definition) is 0. The molecule has 0 saturated carbocycles. The monoisotopic (exact) mass is 463 g/mol. The number of carbonyl (C=O) groups is 1.